The Balaban J connectivity index is 1.86. The minimum absolute atomic E-state index is 0.0172. The number of hydrogen-bond donors (Lipinski definition) is 2. The molecule has 2 aromatic rings. The number of amides is 1. The van der Waals surface area contributed by atoms with Crippen molar-refractivity contribution >= 4 is 21.9 Å². The number of hydrogen-bond acceptors (Lipinski definition) is 5. The van der Waals surface area contributed by atoms with Crippen LogP contribution in [0, 0.1) is 5.82 Å². The second kappa shape index (κ2) is 9.24. The van der Waals surface area contributed by atoms with E-state index in [4.69, 9.17) is 4.74 Å². The molecule has 2 rings (SSSR count). The highest BCUT2D eigenvalue weighted by Gasteiger charge is 2.15. The molecule has 0 aliphatic rings. The zero-order chi connectivity index (χ0) is 19.9. The molecule has 0 spiro atoms. The van der Waals surface area contributed by atoms with Gasteiger partial charge in [0, 0.05) is 18.7 Å². The Labute approximate surface area is 156 Å². The number of rotatable bonds is 8. The Hall–Kier alpha value is -2.78. The highest BCUT2D eigenvalue weighted by atomic mass is 32.2. The van der Waals surface area contributed by atoms with Crippen LogP contribution in [0.2, 0.25) is 0 Å². The number of sulfonamides is 1. The summed E-state index contributed by atoms with van der Waals surface area (Å²) in [6.07, 6.45) is 0. The minimum Gasteiger partial charge on any atom is -0.452 e. The van der Waals surface area contributed by atoms with Crippen LogP contribution in [0.1, 0.15) is 22.8 Å². The first-order valence-electron chi connectivity index (χ1n) is 8.10. The molecule has 144 valence electrons. The summed E-state index contributed by atoms with van der Waals surface area (Å²) in [6.45, 7) is 1.33. The average Bonchev–Trinajstić information content (AvgIpc) is 2.65. The normalized spacial score (nSPS) is 11.0. The maximum atomic E-state index is 13.5. The third kappa shape index (κ3) is 5.87. The van der Waals surface area contributed by atoms with E-state index in [1.54, 1.807) is 13.0 Å². The Kier molecular flexibility index (Phi) is 7.03. The van der Waals surface area contributed by atoms with Crippen LogP contribution in [0.25, 0.3) is 0 Å². The van der Waals surface area contributed by atoms with Crippen LogP contribution in [0.15, 0.2) is 53.4 Å². The van der Waals surface area contributed by atoms with E-state index in [-0.39, 0.29) is 23.5 Å². The first kappa shape index (κ1) is 20.5. The van der Waals surface area contributed by atoms with Gasteiger partial charge < -0.3 is 10.1 Å². The SMILES string of the molecule is CCNS(=O)(=O)c1ccc(C(=O)OCC(=O)NCc2ccccc2F)cc1. The van der Waals surface area contributed by atoms with Crippen molar-refractivity contribution in [3.63, 3.8) is 0 Å². The summed E-state index contributed by atoms with van der Waals surface area (Å²) < 4.78 is 44.3. The van der Waals surface area contributed by atoms with Gasteiger partial charge in [-0.05, 0) is 30.3 Å². The van der Waals surface area contributed by atoms with E-state index in [0.29, 0.717) is 5.56 Å². The summed E-state index contributed by atoms with van der Waals surface area (Å²) in [5, 5.41) is 2.45. The lowest BCUT2D eigenvalue weighted by atomic mass is 10.2. The van der Waals surface area contributed by atoms with Gasteiger partial charge in [-0.15, -0.1) is 0 Å². The van der Waals surface area contributed by atoms with Gasteiger partial charge in [-0.1, -0.05) is 25.1 Å². The molecule has 0 heterocycles. The standard InChI is InChI=1S/C18H19FN2O5S/c1-2-21-27(24,25)15-9-7-13(8-10-15)18(23)26-12-17(22)20-11-14-5-3-4-6-16(14)19/h3-10,21H,2,11-12H2,1H3,(H,20,22). The average molecular weight is 394 g/mol. The van der Waals surface area contributed by atoms with E-state index < -0.39 is 34.3 Å². The van der Waals surface area contributed by atoms with Gasteiger partial charge in [0.25, 0.3) is 5.91 Å². The van der Waals surface area contributed by atoms with Crippen molar-refractivity contribution in [1.29, 1.82) is 0 Å². The van der Waals surface area contributed by atoms with Crippen LogP contribution in [0.4, 0.5) is 4.39 Å². The molecule has 9 heteroatoms. The van der Waals surface area contributed by atoms with E-state index >= 15 is 0 Å². The highest BCUT2D eigenvalue weighted by molar-refractivity contribution is 7.89. The minimum atomic E-state index is -3.61. The first-order valence-corrected chi connectivity index (χ1v) is 9.58. The lowest BCUT2D eigenvalue weighted by Gasteiger charge is -2.08. The molecular formula is C18H19FN2O5S. The summed E-state index contributed by atoms with van der Waals surface area (Å²) in [5.41, 5.74) is 0.419. The molecule has 2 N–H and O–H groups in total. The van der Waals surface area contributed by atoms with Gasteiger partial charge in [-0.2, -0.15) is 0 Å². The molecule has 1 amide bonds. The summed E-state index contributed by atoms with van der Waals surface area (Å²) in [5.74, 6) is -1.80. The van der Waals surface area contributed by atoms with Crippen molar-refractivity contribution in [2.75, 3.05) is 13.2 Å². The third-order valence-corrected chi connectivity index (χ3v) is 5.06. The largest absolute Gasteiger partial charge is 0.452 e. The fourth-order valence-corrected chi connectivity index (χ4v) is 3.19. The summed E-state index contributed by atoms with van der Waals surface area (Å²) in [6, 6.07) is 11.1. The number of nitrogens with one attached hydrogen (secondary N) is 2. The predicted octanol–water partition coefficient (Wildman–Crippen LogP) is 1.60. The topological polar surface area (TPSA) is 102 Å². The van der Waals surface area contributed by atoms with E-state index in [9.17, 15) is 22.4 Å². The van der Waals surface area contributed by atoms with Crippen LogP contribution in [-0.4, -0.2) is 33.4 Å². The molecule has 0 fully saturated rings. The van der Waals surface area contributed by atoms with E-state index in [1.165, 1.54) is 42.5 Å². The summed E-state index contributed by atoms with van der Waals surface area (Å²) >= 11 is 0. The molecule has 0 saturated heterocycles. The van der Waals surface area contributed by atoms with E-state index in [1.807, 2.05) is 0 Å². The van der Waals surface area contributed by atoms with Gasteiger partial charge in [0.15, 0.2) is 6.61 Å². The maximum absolute atomic E-state index is 13.5. The van der Waals surface area contributed by atoms with Gasteiger partial charge in [0.2, 0.25) is 10.0 Å². The maximum Gasteiger partial charge on any atom is 0.338 e. The molecule has 0 radical (unpaired) electrons. The first-order chi connectivity index (χ1) is 12.8. The summed E-state index contributed by atoms with van der Waals surface area (Å²) in [4.78, 5) is 23.7. The monoisotopic (exact) mass is 394 g/mol. The van der Waals surface area contributed by atoms with Gasteiger partial charge >= 0.3 is 5.97 Å². The quantitative estimate of drug-likeness (QED) is 0.662. The molecule has 2 aromatic carbocycles. The molecular weight excluding hydrogens is 375 g/mol. The number of ether oxygens (including phenoxy) is 1. The number of carbonyl (C=O) groups excluding carboxylic acids is 2. The third-order valence-electron chi connectivity index (χ3n) is 3.50. The molecule has 7 nitrogen and oxygen atoms in total. The number of benzene rings is 2. The van der Waals surface area contributed by atoms with Gasteiger partial charge in [0.05, 0.1) is 10.5 Å². The van der Waals surface area contributed by atoms with Crippen molar-refractivity contribution in [3.05, 3.63) is 65.5 Å². The van der Waals surface area contributed by atoms with Crippen molar-refractivity contribution in [3.8, 4) is 0 Å². The smallest absolute Gasteiger partial charge is 0.338 e. The van der Waals surface area contributed by atoms with Crippen LogP contribution < -0.4 is 10.0 Å². The Morgan fingerprint density at radius 1 is 1.07 bits per heavy atom. The highest BCUT2D eigenvalue weighted by Crippen LogP contribution is 2.11. The number of halogens is 1. The van der Waals surface area contributed by atoms with Crippen LogP contribution in [0.3, 0.4) is 0 Å². The van der Waals surface area contributed by atoms with Crippen molar-refractivity contribution in [2.24, 2.45) is 0 Å². The molecule has 0 bridgehead atoms. The second-order valence-corrected chi connectivity index (χ2v) is 7.24. The molecule has 0 unspecified atom stereocenters. The van der Waals surface area contributed by atoms with Crippen molar-refractivity contribution in [1.82, 2.24) is 10.0 Å². The number of carbonyl (C=O) groups is 2. The molecule has 27 heavy (non-hydrogen) atoms. The van der Waals surface area contributed by atoms with Gasteiger partial charge in [-0.25, -0.2) is 22.3 Å². The second-order valence-electron chi connectivity index (χ2n) is 5.47. The molecule has 0 aliphatic carbocycles. The Morgan fingerprint density at radius 3 is 2.37 bits per heavy atom. The fraction of sp³-hybridized carbons (Fsp3) is 0.222. The van der Waals surface area contributed by atoms with Gasteiger partial charge in [0.1, 0.15) is 5.82 Å². The van der Waals surface area contributed by atoms with Crippen LogP contribution in [-0.2, 0) is 26.1 Å². The van der Waals surface area contributed by atoms with E-state index in [0.717, 1.165) is 0 Å². The Morgan fingerprint density at radius 2 is 1.74 bits per heavy atom. The Bertz CT molecular complexity index is 914. The summed E-state index contributed by atoms with van der Waals surface area (Å²) in [7, 11) is -3.61. The molecule has 0 saturated carbocycles. The zero-order valence-electron chi connectivity index (χ0n) is 14.6. The van der Waals surface area contributed by atoms with Crippen molar-refractivity contribution in [2.45, 2.75) is 18.4 Å². The number of esters is 1. The van der Waals surface area contributed by atoms with Gasteiger partial charge in [-0.3, -0.25) is 4.79 Å². The fourth-order valence-electron chi connectivity index (χ4n) is 2.14. The molecule has 0 aromatic heterocycles. The zero-order valence-corrected chi connectivity index (χ0v) is 15.4. The van der Waals surface area contributed by atoms with E-state index in [2.05, 4.69) is 10.0 Å². The molecule has 0 atom stereocenters. The lowest BCUT2D eigenvalue weighted by Crippen LogP contribution is -2.28. The van der Waals surface area contributed by atoms with Crippen molar-refractivity contribution < 1.29 is 27.1 Å². The molecule has 0 aliphatic heterocycles. The predicted molar refractivity (Wildman–Crippen MR) is 95.8 cm³/mol. The van der Waals surface area contributed by atoms with Crippen LogP contribution >= 0.6 is 0 Å². The lowest BCUT2D eigenvalue weighted by molar-refractivity contribution is -0.124. The van der Waals surface area contributed by atoms with Crippen LogP contribution in [0.5, 0.6) is 0 Å².